The van der Waals surface area contributed by atoms with Gasteiger partial charge in [0.1, 0.15) is 5.75 Å². The maximum absolute atomic E-state index is 11.1. The largest absolute Gasteiger partial charge is 0.495 e. The highest BCUT2D eigenvalue weighted by Gasteiger charge is 2.06. The summed E-state index contributed by atoms with van der Waals surface area (Å²) in [6, 6.07) is 1.85. The van der Waals surface area contributed by atoms with Gasteiger partial charge >= 0.3 is 5.97 Å². The minimum atomic E-state index is -0.184. The summed E-state index contributed by atoms with van der Waals surface area (Å²) in [4.78, 5) is 15.1. The van der Waals surface area contributed by atoms with Gasteiger partial charge < -0.3 is 9.47 Å². The van der Waals surface area contributed by atoms with Crippen molar-refractivity contribution in [2.45, 2.75) is 19.8 Å². The lowest BCUT2D eigenvalue weighted by atomic mass is 10.1. The quantitative estimate of drug-likeness (QED) is 0.691. The Hall–Kier alpha value is -1.58. The van der Waals surface area contributed by atoms with Gasteiger partial charge in [-0.2, -0.15) is 0 Å². The topological polar surface area (TPSA) is 48.4 Å². The first kappa shape index (κ1) is 11.5. The van der Waals surface area contributed by atoms with Crippen LogP contribution in [0, 0.1) is 0 Å². The molecule has 0 bridgehead atoms. The van der Waals surface area contributed by atoms with E-state index in [1.165, 1.54) is 0 Å². The number of carbonyl (C=O) groups is 1. The van der Waals surface area contributed by atoms with E-state index in [0.29, 0.717) is 25.2 Å². The Labute approximate surface area is 89.2 Å². The van der Waals surface area contributed by atoms with Crippen LogP contribution >= 0.6 is 0 Å². The SMILES string of the molecule is CCOC(=O)CCc1ccncc1OC. The number of esters is 1. The number of hydrogen-bond acceptors (Lipinski definition) is 4. The normalized spacial score (nSPS) is 9.73. The van der Waals surface area contributed by atoms with E-state index in [-0.39, 0.29) is 5.97 Å². The lowest BCUT2D eigenvalue weighted by Crippen LogP contribution is -2.05. The molecule has 0 spiro atoms. The molecule has 82 valence electrons. The van der Waals surface area contributed by atoms with Crippen LogP contribution < -0.4 is 4.74 Å². The lowest BCUT2D eigenvalue weighted by Gasteiger charge is -2.06. The Morgan fingerprint density at radius 3 is 3.00 bits per heavy atom. The highest BCUT2D eigenvalue weighted by molar-refractivity contribution is 5.69. The van der Waals surface area contributed by atoms with Crippen LogP contribution in [0.3, 0.4) is 0 Å². The molecule has 0 aliphatic heterocycles. The summed E-state index contributed by atoms with van der Waals surface area (Å²) in [5.74, 6) is 0.526. The zero-order valence-electron chi connectivity index (χ0n) is 9.03. The molecule has 0 atom stereocenters. The van der Waals surface area contributed by atoms with Crippen LogP contribution in [0.5, 0.6) is 5.75 Å². The minimum absolute atomic E-state index is 0.184. The average Bonchev–Trinajstić information content (AvgIpc) is 2.27. The average molecular weight is 209 g/mol. The maximum atomic E-state index is 11.1. The zero-order valence-corrected chi connectivity index (χ0v) is 9.03. The molecular weight excluding hydrogens is 194 g/mol. The van der Waals surface area contributed by atoms with Gasteiger partial charge in [-0.15, -0.1) is 0 Å². The Morgan fingerprint density at radius 1 is 1.53 bits per heavy atom. The molecule has 0 saturated carbocycles. The van der Waals surface area contributed by atoms with Crippen molar-refractivity contribution in [3.63, 3.8) is 0 Å². The molecule has 4 nitrogen and oxygen atoms in total. The first-order chi connectivity index (χ1) is 7.27. The van der Waals surface area contributed by atoms with E-state index in [1.807, 2.05) is 6.07 Å². The molecule has 0 aliphatic rings. The molecule has 0 aromatic carbocycles. The third-order valence-electron chi connectivity index (χ3n) is 1.99. The molecule has 4 heteroatoms. The molecule has 0 amide bonds. The Kier molecular flexibility index (Phi) is 4.60. The molecule has 0 aliphatic carbocycles. The smallest absolute Gasteiger partial charge is 0.306 e. The number of ether oxygens (including phenoxy) is 2. The van der Waals surface area contributed by atoms with Crippen LogP contribution in [-0.2, 0) is 16.0 Å². The number of aryl methyl sites for hydroxylation is 1. The van der Waals surface area contributed by atoms with Gasteiger partial charge in [0.2, 0.25) is 0 Å². The van der Waals surface area contributed by atoms with E-state index in [2.05, 4.69) is 4.98 Å². The van der Waals surface area contributed by atoms with E-state index >= 15 is 0 Å². The monoisotopic (exact) mass is 209 g/mol. The van der Waals surface area contributed by atoms with E-state index in [1.54, 1.807) is 26.4 Å². The molecule has 1 heterocycles. The van der Waals surface area contributed by atoms with Crippen molar-refractivity contribution in [3.05, 3.63) is 24.0 Å². The predicted octanol–water partition coefficient (Wildman–Crippen LogP) is 1.59. The van der Waals surface area contributed by atoms with Crippen molar-refractivity contribution in [2.24, 2.45) is 0 Å². The molecule has 1 aromatic heterocycles. The number of rotatable bonds is 5. The summed E-state index contributed by atoms with van der Waals surface area (Å²) in [7, 11) is 1.59. The fraction of sp³-hybridized carbons (Fsp3) is 0.455. The van der Waals surface area contributed by atoms with Gasteiger partial charge in [0, 0.05) is 12.6 Å². The Morgan fingerprint density at radius 2 is 2.33 bits per heavy atom. The van der Waals surface area contributed by atoms with Crippen LogP contribution in [0.1, 0.15) is 18.9 Å². The molecule has 0 saturated heterocycles. The highest BCUT2D eigenvalue weighted by atomic mass is 16.5. The molecule has 15 heavy (non-hydrogen) atoms. The summed E-state index contributed by atoms with van der Waals surface area (Å²) < 4.78 is 9.96. The van der Waals surface area contributed by atoms with Gasteiger partial charge in [0.25, 0.3) is 0 Å². The molecule has 0 N–H and O–H groups in total. The van der Waals surface area contributed by atoms with Crippen LogP contribution in [-0.4, -0.2) is 24.7 Å². The molecule has 0 unspecified atom stereocenters. The Bertz CT molecular complexity index is 325. The second-order valence-corrected chi connectivity index (χ2v) is 2.99. The van der Waals surface area contributed by atoms with Crippen molar-refractivity contribution in [1.82, 2.24) is 4.98 Å². The highest BCUT2D eigenvalue weighted by Crippen LogP contribution is 2.17. The standard InChI is InChI=1S/C11H15NO3/c1-3-15-11(13)5-4-9-6-7-12-8-10(9)14-2/h6-8H,3-5H2,1-2H3. The van der Waals surface area contributed by atoms with Crippen LogP contribution in [0.25, 0.3) is 0 Å². The maximum Gasteiger partial charge on any atom is 0.306 e. The van der Waals surface area contributed by atoms with Crippen LogP contribution in [0.4, 0.5) is 0 Å². The van der Waals surface area contributed by atoms with Gasteiger partial charge in [0.05, 0.1) is 19.9 Å². The van der Waals surface area contributed by atoms with E-state index in [0.717, 1.165) is 5.56 Å². The Balaban J connectivity index is 2.53. The second-order valence-electron chi connectivity index (χ2n) is 2.99. The van der Waals surface area contributed by atoms with Crippen LogP contribution in [0.2, 0.25) is 0 Å². The fourth-order valence-corrected chi connectivity index (χ4v) is 1.27. The predicted molar refractivity (Wildman–Crippen MR) is 55.7 cm³/mol. The summed E-state index contributed by atoms with van der Waals surface area (Å²) >= 11 is 0. The van der Waals surface area contributed by atoms with Crippen molar-refractivity contribution in [1.29, 1.82) is 0 Å². The third-order valence-corrected chi connectivity index (χ3v) is 1.99. The number of aromatic nitrogens is 1. The molecule has 0 radical (unpaired) electrons. The van der Waals surface area contributed by atoms with Gasteiger partial charge in [-0.05, 0) is 25.0 Å². The minimum Gasteiger partial charge on any atom is -0.495 e. The van der Waals surface area contributed by atoms with Crippen molar-refractivity contribution in [2.75, 3.05) is 13.7 Å². The summed E-state index contributed by atoms with van der Waals surface area (Å²) in [6.45, 7) is 2.22. The van der Waals surface area contributed by atoms with Gasteiger partial charge in [0.15, 0.2) is 0 Å². The third kappa shape index (κ3) is 3.58. The molecule has 1 aromatic rings. The first-order valence-corrected chi connectivity index (χ1v) is 4.90. The number of methoxy groups -OCH3 is 1. The van der Waals surface area contributed by atoms with E-state index in [4.69, 9.17) is 9.47 Å². The first-order valence-electron chi connectivity index (χ1n) is 4.90. The molecule has 0 fully saturated rings. The number of carbonyl (C=O) groups excluding carboxylic acids is 1. The van der Waals surface area contributed by atoms with E-state index < -0.39 is 0 Å². The van der Waals surface area contributed by atoms with Crippen molar-refractivity contribution < 1.29 is 14.3 Å². The summed E-state index contributed by atoms with van der Waals surface area (Å²) in [5.41, 5.74) is 0.973. The number of hydrogen-bond donors (Lipinski definition) is 0. The summed E-state index contributed by atoms with van der Waals surface area (Å²) in [5, 5.41) is 0. The van der Waals surface area contributed by atoms with Gasteiger partial charge in [-0.3, -0.25) is 9.78 Å². The van der Waals surface area contributed by atoms with E-state index in [9.17, 15) is 4.79 Å². The zero-order chi connectivity index (χ0) is 11.1. The van der Waals surface area contributed by atoms with Gasteiger partial charge in [-0.1, -0.05) is 0 Å². The number of pyridine rings is 1. The fourth-order valence-electron chi connectivity index (χ4n) is 1.27. The van der Waals surface area contributed by atoms with Crippen molar-refractivity contribution in [3.8, 4) is 5.75 Å². The number of nitrogens with zero attached hydrogens (tertiary/aromatic N) is 1. The van der Waals surface area contributed by atoms with Crippen LogP contribution in [0.15, 0.2) is 18.5 Å². The van der Waals surface area contributed by atoms with Gasteiger partial charge in [-0.25, -0.2) is 0 Å². The lowest BCUT2D eigenvalue weighted by molar-refractivity contribution is -0.143. The molecular formula is C11H15NO3. The second kappa shape index (κ2) is 6.01. The molecule has 1 rings (SSSR count). The van der Waals surface area contributed by atoms with Crippen molar-refractivity contribution >= 4 is 5.97 Å². The summed E-state index contributed by atoms with van der Waals surface area (Å²) in [6.07, 6.45) is 4.31.